The van der Waals surface area contributed by atoms with E-state index in [9.17, 15) is 19.5 Å². The molecule has 1 aliphatic rings. The lowest BCUT2D eigenvalue weighted by Crippen LogP contribution is -2.60. The Balaban J connectivity index is 1.59. The molecule has 4 rings (SSSR count). The summed E-state index contributed by atoms with van der Waals surface area (Å²) in [6, 6.07) is 6.74. The largest absolute Gasteiger partial charge is 0.487 e. The zero-order valence-electron chi connectivity index (χ0n) is 23.0. The number of aromatic nitrogens is 2. The second-order valence-corrected chi connectivity index (χ2v) is 12.7. The highest BCUT2D eigenvalue weighted by Crippen LogP contribution is 2.36. The van der Waals surface area contributed by atoms with Gasteiger partial charge in [0.1, 0.15) is 23.9 Å². The van der Waals surface area contributed by atoms with Crippen LogP contribution >= 0.6 is 11.3 Å². The van der Waals surface area contributed by atoms with Gasteiger partial charge in [0, 0.05) is 24.2 Å². The number of urea groups is 1. The van der Waals surface area contributed by atoms with Crippen LogP contribution in [0.2, 0.25) is 0 Å². The molecular weight excluding hydrogens is 518 g/mol. The molecule has 11 heteroatoms. The normalized spacial score (nSPS) is 18.6. The fourth-order valence-corrected chi connectivity index (χ4v) is 5.31. The molecule has 3 aromatic heterocycles. The number of hydrogen-bond donors (Lipinski definition) is 3. The monoisotopic (exact) mass is 553 g/mol. The van der Waals surface area contributed by atoms with Gasteiger partial charge in [0.05, 0.1) is 28.1 Å². The van der Waals surface area contributed by atoms with Crippen molar-refractivity contribution in [1.29, 1.82) is 0 Å². The molecule has 4 heterocycles. The molecule has 0 aliphatic carbocycles. The lowest BCUT2D eigenvalue weighted by molar-refractivity contribution is -0.150. The van der Waals surface area contributed by atoms with Gasteiger partial charge in [-0.2, -0.15) is 0 Å². The Morgan fingerprint density at radius 3 is 2.49 bits per heavy atom. The number of aliphatic carboxylic acids is 1. The predicted molar refractivity (Wildman–Crippen MR) is 150 cm³/mol. The van der Waals surface area contributed by atoms with Gasteiger partial charge in [0.25, 0.3) is 0 Å². The highest BCUT2D eigenvalue weighted by Gasteiger charge is 2.46. The quantitative estimate of drug-likeness (QED) is 0.414. The first kappa shape index (κ1) is 28.3. The Morgan fingerprint density at radius 1 is 1.13 bits per heavy atom. The zero-order valence-corrected chi connectivity index (χ0v) is 23.8. The zero-order chi connectivity index (χ0) is 28.5. The highest BCUT2D eigenvalue weighted by atomic mass is 32.1. The fraction of sp³-hybridized carbons (Fsp3) is 0.464. The number of ether oxygens (including phenoxy) is 1. The SMILES string of the molecule is CC(C)(C)NC(=O)N[C@H](C(=O)N1C[C@H](Oc2cc(-c3ccccn3)nc3ccsc23)C[C@H]1C(=O)O)C(C)(C)C. The highest BCUT2D eigenvalue weighted by molar-refractivity contribution is 7.17. The lowest BCUT2D eigenvalue weighted by atomic mass is 9.85. The van der Waals surface area contributed by atoms with Crippen LogP contribution in [0.5, 0.6) is 5.75 Å². The molecule has 1 fully saturated rings. The van der Waals surface area contributed by atoms with E-state index in [-0.39, 0.29) is 13.0 Å². The van der Waals surface area contributed by atoms with Crippen LogP contribution in [0.15, 0.2) is 41.9 Å². The third-order valence-corrected chi connectivity index (χ3v) is 7.22. The molecule has 0 bridgehead atoms. The number of carbonyl (C=O) groups is 3. The third-order valence-electron chi connectivity index (χ3n) is 6.31. The minimum absolute atomic E-state index is 0.0685. The van der Waals surface area contributed by atoms with Crippen LogP contribution < -0.4 is 15.4 Å². The summed E-state index contributed by atoms with van der Waals surface area (Å²) in [5.41, 5.74) is 0.909. The van der Waals surface area contributed by atoms with E-state index < -0.39 is 47.0 Å². The van der Waals surface area contributed by atoms with Gasteiger partial charge in [-0.05, 0) is 49.8 Å². The van der Waals surface area contributed by atoms with Crippen LogP contribution in [0, 0.1) is 5.41 Å². The number of carboxylic acid groups (broad SMARTS) is 1. The Kier molecular flexibility index (Phi) is 7.83. The van der Waals surface area contributed by atoms with Crippen LogP contribution in [0.4, 0.5) is 4.79 Å². The van der Waals surface area contributed by atoms with Crippen LogP contribution in [-0.2, 0) is 9.59 Å². The van der Waals surface area contributed by atoms with E-state index >= 15 is 0 Å². The van der Waals surface area contributed by atoms with Crippen LogP contribution in [0.3, 0.4) is 0 Å². The smallest absolute Gasteiger partial charge is 0.326 e. The summed E-state index contributed by atoms with van der Waals surface area (Å²) in [7, 11) is 0. The van der Waals surface area contributed by atoms with Gasteiger partial charge in [0.2, 0.25) is 5.91 Å². The summed E-state index contributed by atoms with van der Waals surface area (Å²) >= 11 is 1.48. The predicted octanol–water partition coefficient (Wildman–Crippen LogP) is 4.30. The molecule has 0 spiro atoms. The molecule has 0 unspecified atom stereocenters. The minimum Gasteiger partial charge on any atom is -0.487 e. The minimum atomic E-state index is -1.12. The number of amides is 3. The van der Waals surface area contributed by atoms with Crippen molar-refractivity contribution >= 4 is 39.5 Å². The molecule has 0 radical (unpaired) electrons. The van der Waals surface area contributed by atoms with Gasteiger partial charge in [0.15, 0.2) is 0 Å². The first-order valence-electron chi connectivity index (χ1n) is 12.8. The van der Waals surface area contributed by atoms with Gasteiger partial charge >= 0.3 is 12.0 Å². The first-order valence-corrected chi connectivity index (χ1v) is 13.7. The van der Waals surface area contributed by atoms with Crippen molar-refractivity contribution in [2.75, 3.05) is 6.54 Å². The molecule has 1 aliphatic heterocycles. The molecule has 39 heavy (non-hydrogen) atoms. The first-order chi connectivity index (χ1) is 18.2. The third kappa shape index (κ3) is 6.65. The van der Waals surface area contributed by atoms with E-state index in [0.29, 0.717) is 17.1 Å². The van der Waals surface area contributed by atoms with E-state index in [1.807, 2.05) is 71.2 Å². The standard InChI is InChI=1S/C28H35N5O5S/c1-27(2,3)23(31-26(37)32-28(4,5)6)24(34)33-15-16(13-20(33)25(35)36)38-21-14-19(17-9-7-8-11-29-17)30-18-10-12-39-22(18)21/h7-12,14,16,20,23H,13,15H2,1-6H3,(H,35,36)(H2,31,32,37)/t16-,20+,23-/m1/s1. The molecular formula is C28H35N5O5S. The van der Waals surface area contributed by atoms with Crippen molar-refractivity contribution in [2.45, 2.75) is 71.7 Å². The molecule has 3 N–H and O–H groups in total. The molecule has 3 amide bonds. The number of carbonyl (C=O) groups excluding carboxylic acids is 2. The molecule has 3 aromatic rings. The number of nitrogens with zero attached hydrogens (tertiary/aromatic N) is 3. The number of nitrogens with one attached hydrogen (secondary N) is 2. The van der Waals surface area contributed by atoms with Crippen LogP contribution in [-0.4, -0.2) is 68.2 Å². The van der Waals surface area contributed by atoms with Gasteiger partial charge < -0.3 is 25.4 Å². The summed E-state index contributed by atoms with van der Waals surface area (Å²) in [6.45, 7) is 11.1. The number of pyridine rings is 2. The second kappa shape index (κ2) is 10.8. The topological polar surface area (TPSA) is 134 Å². The van der Waals surface area contributed by atoms with Crippen molar-refractivity contribution in [1.82, 2.24) is 25.5 Å². The lowest BCUT2D eigenvalue weighted by Gasteiger charge is -2.35. The summed E-state index contributed by atoms with van der Waals surface area (Å²) < 4.78 is 7.20. The summed E-state index contributed by atoms with van der Waals surface area (Å²) in [5, 5.41) is 17.5. The maximum Gasteiger partial charge on any atom is 0.326 e. The number of fused-ring (bicyclic) bond motifs is 1. The van der Waals surface area contributed by atoms with E-state index in [1.165, 1.54) is 16.2 Å². The molecule has 1 saturated heterocycles. The van der Waals surface area contributed by atoms with Crippen molar-refractivity contribution in [2.24, 2.45) is 5.41 Å². The maximum atomic E-state index is 13.8. The van der Waals surface area contributed by atoms with Crippen LogP contribution in [0.1, 0.15) is 48.0 Å². The molecule has 10 nitrogen and oxygen atoms in total. The molecule has 0 aromatic carbocycles. The summed E-state index contributed by atoms with van der Waals surface area (Å²) in [6.07, 6.45) is 1.23. The second-order valence-electron chi connectivity index (χ2n) is 11.8. The van der Waals surface area contributed by atoms with E-state index in [2.05, 4.69) is 15.6 Å². The van der Waals surface area contributed by atoms with E-state index in [0.717, 1.165) is 10.2 Å². The van der Waals surface area contributed by atoms with Gasteiger partial charge in [-0.3, -0.25) is 9.78 Å². The number of hydrogen-bond acceptors (Lipinski definition) is 7. The number of likely N-dealkylation sites (tertiary alicyclic amines) is 1. The van der Waals surface area contributed by atoms with Crippen molar-refractivity contribution in [3.05, 3.63) is 41.9 Å². The summed E-state index contributed by atoms with van der Waals surface area (Å²) in [5.74, 6) is -1.02. The molecule has 3 atom stereocenters. The fourth-order valence-electron chi connectivity index (χ4n) is 4.52. The Hall–Kier alpha value is -3.73. The molecule has 0 saturated carbocycles. The van der Waals surface area contributed by atoms with Crippen molar-refractivity contribution < 1.29 is 24.2 Å². The van der Waals surface area contributed by atoms with Crippen LogP contribution in [0.25, 0.3) is 21.6 Å². The average Bonchev–Trinajstić information content (AvgIpc) is 3.48. The number of thiophene rings is 1. The van der Waals surface area contributed by atoms with Crippen molar-refractivity contribution in [3.63, 3.8) is 0 Å². The van der Waals surface area contributed by atoms with Gasteiger partial charge in [-0.25, -0.2) is 14.6 Å². The maximum absolute atomic E-state index is 13.8. The number of carboxylic acids is 1. The van der Waals surface area contributed by atoms with E-state index in [4.69, 9.17) is 9.72 Å². The average molecular weight is 554 g/mol. The Morgan fingerprint density at radius 2 is 1.87 bits per heavy atom. The van der Waals surface area contributed by atoms with Gasteiger partial charge in [-0.15, -0.1) is 11.3 Å². The van der Waals surface area contributed by atoms with Crippen molar-refractivity contribution in [3.8, 4) is 17.1 Å². The number of rotatable bonds is 6. The Bertz CT molecular complexity index is 1360. The van der Waals surface area contributed by atoms with Gasteiger partial charge in [-0.1, -0.05) is 26.8 Å². The Labute approximate surface area is 231 Å². The van der Waals surface area contributed by atoms with E-state index in [1.54, 1.807) is 12.3 Å². The molecule has 208 valence electrons. The summed E-state index contributed by atoms with van der Waals surface area (Å²) in [4.78, 5) is 49.1.